The highest BCUT2D eigenvalue weighted by atomic mass is 35.5. The Balaban J connectivity index is 1.80. The molecule has 4 heteroatoms. The van der Waals surface area contributed by atoms with E-state index in [1.807, 2.05) is 23.9 Å². The quantitative estimate of drug-likeness (QED) is 0.912. The molecule has 0 aliphatic carbocycles. The SMILES string of the molecule is CC(C)C1CSC(=NCCc2ccc(Cl)cc2)N1. The Bertz CT molecular complexity index is 414. The van der Waals surface area contributed by atoms with E-state index in [-0.39, 0.29) is 0 Å². The van der Waals surface area contributed by atoms with E-state index in [4.69, 9.17) is 11.6 Å². The first-order chi connectivity index (χ1) is 8.65. The lowest BCUT2D eigenvalue weighted by molar-refractivity contribution is 0.503. The first kappa shape index (κ1) is 13.8. The first-order valence-corrected chi connectivity index (χ1v) is 7.70. The molecule has 1 N–H and O–H groups in total. The van der Waals surface area contributed by atoms with Crippen LogP contribution in [0.5, 0.6) is 0 Å². The van der Waals surface area contributed by atoms with Crippen LogP contribution in [-0.4, -0.2) is 23.5 Å². The summed E-state index contributed by atoms with van der Waals surface area (Å²) in [6.45, 7) is 5.32. The van der Waals surface area contributed by atoms with Crippen molar-refractivity contribution in [2.45, 2.75) is 26.3 Å². The molecule has 98 valence electrons. The van der Waals surface area contributed by atoms with Crippen molar-refractivity contribution in [1.82, 2.24) is 5.32 Å². The fourth-order valence-corrected chi connectivity index (χ4v) is 3.15. The Morgan fingerprint density at radius 1 is 1.39 bits per heavy atom. The zero-order chi connectivity index (χ0) is 13.0. The van der Waals surface area contributed by atoms with Crippen molar-refractivity contribution in [1.29, 1.82) is 0 Å². The van der Waals surface area contributed by atoms with Crippen LogP contribution in [0.25, 0.3) is 0 Å². The van der Waals surface area contributed by atoms with E-state index < -0.39 is 0 Å². The van der Waals surface area contributed by atoms with Gasteiger partial charge in [0.05, 0.1) is 0 Å². The number of benzene rings is 1. The Hall–Kier alpha value is -0.670. The molecule has 0 amide bonds. The van der Waals surface area contributed by atoms with Gasteiger partial charge in [-0.2, -0.15) is 0 Å². The number of rotatable bonds is 4. The number of nitrogens with zero attached hydrogens (tertiary/aromatic N) is 1. The third kappa shape index (κ3) is 3.92. The van der Waals surface area contributed by atoms with E-state index in [9.17, 15) is 0 Å². The lowest BCUT2D eigenvalue weighted by Gasteiger charge is -2.13. The highest BCUT2D eigenvalue weighted by molar-refractivity contribution is 8.14. The molecule has 2 nitrogen and oxygen atoms in total. The maximum absolute atomic E-state index is 5.85. The second-order valence-electron chi connectivity index (χ2n) is 4.87. The zero-order valence-electron chi connectivity index (χ0n) is 10.8. The third-order valence-corrected chi connectivity index (χ3v) is 4.38. The van der Waals surface area contributed by atoms with Crippen molar-refractivity contribution >= 4 is 28.5 Å². The van der Waals surface area contributed by atoms with Gasteiger partial charge >= 0.3 is 0 Å². The van der Waals surface area contributed by atoms with Gasteiger partial charge in [0.2, 0.25) is 0 Å². The van der Waals surface area contributed by atoms with Crippen LogP contribution in [0.4, 0.5) is 0 Å². The molecule has 1 aliphatic heterocycles. The molecule has 18 heavy (non-hydrogen) atoms. The molecule has 0 spiro atoms. The molecule has 1 atom stereocenters. The van der Waals surface area contributed by atoms with E-state index in [2.05, 4.69) is 36.3 Å². The van der Waals surface area contributed by atoms with E-state index in [0.717, 1.165) is 28.9 Å². The molecule has 1 aromatic carbocycles. The van der Waals surface area contributed by atoms with Crippen molar-refractivity contribution < 1.29 is 0 Å². The lowest BCUT2D eigenvalue weighted by Crippen LogP contribution is -2.31. The smallest absolute Gasteiger partial charge is 0.156 e. The summed E-state index contributed by atoms with van der Waals surface area (Å²) in [4.78, 5) is 4.61. The molecule has 0 bridgehead atoms. The van der Waals surface area contributed by atoms with Gasteiger partial charge in [0.1, 0.15) is 0 Å². The maximum Gasteiger partial charge on any atom is 0.156 e. The number of aliphatic imine (C=N–C) groups is 1. The normalized spacial score (nSPS) is 21.6. The minimum absolute atomic E-state index is 0.573. The zero-order valence-corrected chi connectivity index (χ0v) is 12.4. The third-order valence-electron chi connectivity index (χ3n) is 3.08. The summed E-state index contributed by atoms with van der Waals surface area (Å²) in [6.07, 6.45) is 0.968. The molecular formula is C14H19ClN2S. The van der Waals surface area contributed by atoms with Gasteiger partial charge in [0.15, 0.2) is 5.17 Å². The lowest BCUT2D eigenvalue weighted by atomic mass is 10.1. The van der Waals surface area contributed by atoms with Crippen molar-refractivity contribution in [3.8, 4) is 0 Å². The van der Waals surface area contributed by atoms with Crippen LogP contribution in [0.2, 0.25) is 5.02 Å². The van der Waals surface area contributed by atoms with Crippen LogP contribution in [0.1, 0.15) is 19.4 Å². The van der Waals surface area contributed by atoms with Gasteiger partial charge < -0.3 is 5.32 Å². The second kappa shape index (κ2) is 6.48. The molecule has 0 radical (unpaired) electrons. The molecule has 0 aromatic heterocycles. The van der Waals surface area contributed by atoms with Crippen LogP contribution >= 0.6 is 23.4 Å². The summed E-state index contributed by atoms with van der Waals surface area (Å²) in [6, 6.07) is 8.57. The van der Waals surface area contributed by atoms with Crippen molar-refractivity contribution in [2.75, 3.05) is 12.3 Å². The highest BCUT2D eigenvalue weighted by Gasteiger charge is 2.22. The maximum atomic E-state index is 5.85. The van der Waals surface area contributed by atoms with Crippen LogP contribution in [0.3, 0.4) is 0 Å². The van der Waals surface area contributed by atoms with Crippen LogP contribution < -0.4 is 5.32 Å². The molecule has 1 fully saturated rings. The minimum atomic E-state index is 0.573. The molecule has 2 rings (SSSR count). The first-order valence-electron chi connectivity index (χ1n) is 6.33. The van der Waals surface area contributed by atoms with Gasteiger partial charge in [-0.05, 0) is 30.0 Å². The van der Waals surface area contributed by atoms with E-state index in [1.54, 1.807) is 0 Å². The molecule has 1 aliphatic rings. The number of hydrogen-bond acceptors (Lipinski definition) is 2. The number of halogens is 1. The van der Waals surface area contributed by atoms with Gasteiger partial charge in [-0.15, -0.1) is 0 Å². The molecule has 1 saturated heterocycles. The molecule has 1 unspecified atom stereocenters. The molecule has 1 aromatic rings. The Morgan fingerprint density at radius 3 is 2.72 bits per heavy atom. The predicted molar refractivity (Wildman–Crippen MR) is 81.7 cm³/mol. The predicted octanol–water partition coefficient (Wildman–Crippen LogP) is 3.60. The van der Waals surface area contributed by atoms with E-state index in [1.165, 1.54) is 5.56 Å². The van der Waals surface area contributed by atoms with E-state index in [0.29, 0.717) is 12.0 Å². The molecular weight excluding hydrogens is 264 g/mol. The average molecular weight is 283 g/mol. The van der Waals surface area contributed by atoms with Gasteiger partial charge in [-0.25, -0.2) is 0 Å². The number of amidine groups is 1. The van der Waals surface area contributed by atoms with Crippen LogP contribution in [0, 0.1) is 5.92 Å². The van der Waals surface area contributed by atoms with Crippen molar-refractivity contribution in [3.63, 3.8) is 0 Å². The van der Waals surface area contributed by atoms with Crippen molar-refractivity contribution in [3.05, 3.63) is 34.9 Å². The standard InChI is InChI=1S/C14H19ClN2S/c1-10(2)13-9-18-14(17-13)16-8-7-11-3-5-12(15)6-4-11/h3-6,10,13H,7-9H2,1-2H3,(H,16,17). The van der Waals surface area contributed by atoms with Gasteiger partial charge in [0.25, 0.3) is 0 Å². The second-order valence-corrected chi connectivity index (χ2v) is 6.31. The highest BCUT2D eigenvalue weighted by Crippen LogP contribution is 2.19. The fraction of sp³-hybridized carbons (Fsp3) is 0.500. The Morgan fingerprint density at radius 2 is 2.11 bits per heavy atom. The van der Waals surface area contributed by atoms with Gasteiger partial charge in [-0.1, -0.05) is 49.3 Å². The number of thioether (sulfide) groups is 1. The molecule has 0 saturated carbocycles. The average Bonchev–Trinajstić information content (AvgIpc) is 2.81. The van der Waals surface area contributed by atoms with Crippen LogP contribution in [0.15, 0.2) is 29.3 Å². The summed E-state index contributed by atoms with van der Waals surface area (Å²) < 4.78 is 0. The summed E-state index contributed by atoms with van der Waals surface area (Å²) in [5.41, 5.74) is 1.28. The summed E-state index contributed by atoms with van der Waals surface area (Å²) in [5, 5.41) is 5.37. The minimum Gasteiger partial charge on any atom is -0.361 e. The summed E-state index contributed by atoms with van der Waals surface area (Å²) in [5.74, 6) is 1.80. The Labute approximate surface area is 118 Å². The monoisotopic (exact) mass is 282 g/mol. The van der Waals surface area contributed by atoms with E-state index >= 15 is 0 Å². The van der Waals surface area contributed by atoms with Crippen molar-refractivity contribution in [2.24, 2.45) is 10.9 Å². The number of hydrogen-bond donors (Lipinski definition) is 1. The topological polar surface area (TPSA) is 24.4 Å². The van der Waals surface area contributed by atoms with Gasteiger partial charge in [0, 0.05) is 23.4 Å². The molecule has 1 heterocycles. The largest absolute Gasteiger partial charge is 0.361 e. The fourth-order valence-electron chi connectivity index (χ4n) is 1.80. The summed E-state index contributed by atoms with van der Waals surface area (Å²) in [7, 11) is 0. The number of nitrogens with one attached hydrogen (secondary N) is 1. The van der Waals surface area contributed by atoms with Gasteiger partial charge in [-0.3, -0.25) is 4.99 Å². The Kier molecular flexibility index (Phi) is 4.95. The summed E-state index contributed by atoms with van der Waals surface area (Å²) >= 11 is 7.69. The van der Waals surface area contributed by atoms with Crippen LogP contribution in [-0.2, 0) is 6.42 Å².